The molecule has 0 aliphatic carbocycles. The Kier molecular flexibility index (Phi) is 4.58. The second-order valence-electron chi connectivity index (χ2n) is 4.96. The van der Waals surface area contributed by atoms with Crippen LogP contribution in [0.15, 0.2) is 22.7 Å². The van der Waals surface area contributed by atoms with Crippen molar-refractivity contribution in [3.63, 3.8) is 0 Å². The first-order valence-electron chi connectivity index (χ1n) is 5.23. The van der Waals surface area contributed by atoms with Crippen LogP contribution in [0.3, 0.4) is 0 Å². The van der Waals surface area contributed by atoms with Crippen molar-refractivity contribution in [2.75, 3.05) is 5.32 Å². The van der Waals surface area contributed by atoms with Crippen molar-refractivity contribution in [1.29, 1.82) is 0 Å². The Morgan fingerprint density at radius 1 is 1.47 bits per heavy atom. The molecule has 94 valence electrons. The van der Waals surface area contributed by atoms with Crippen molar-refractivity contribution in [3.05, 3.63) is 27.7 Å². The lowest BCUT2D eigenvalue weighted by Crippen LogP contribution is -2.45. The third kappa shape index (κ3) is 3.98. The van der Waals surface area contributed by atoms with Crippen LogP contribution >= 0.6 is 27.5 Å². The van der Waals surface area contributed by atoms with E-state index in [9.17, 15) is 4.79 Å². The molecule has 0 bridgehead atoms. The lowest BCUT2D eigenvalue weighted by atomic mass is 9.87. The van der Waals surface area contributed by atoms with Gasteiger partial charge in [0, 0.05) is 4.47 Å². The minimum Gasteiger partial charge on any atom is -0.323 e. The summed E-state index contributed by atoms with van der Waals surface area (Å²) in [5.41, 5.74) is 6.14. The number of carbonyl (C=O) groups excluding carboxylic acids is 1. The molecule has 1 aromatic rings. The van der Waals surface area contributed by atoms with Crippen LogP contribution in [0.2, 0.25) is 5.02 Å². The second-order valence-corrected chi connectivity index (χ2v) is 6.28. The van der Waals surface area contributed by atoms with E-state index in [1.165, 1.54) is 0 Å². The number of nitrogens with two attached hydrogens (primary N) is 1. The number of amides is 1. The summed E-state index contributed by atoms with van der Waals surface area (Å²) in [4.78, 5) is 11.9. The predicted octanol–water partition coefficient (Wildman–Crippen LogP) is 3.41. The molecule has 1 aromatic carbocycles. The Hall–Kier alpha value is -0.580. The maximum Gasteiger partial charge on any atom is 0.241 e. The molecule has 0 heterocycles. The Morgan fingerprint density at radius 2 is 2.06 bits per heavy atom. The average Bonchev–Trinajstić information content (AvgIpc) is 2.21. The Labute approximate surface area is 115 Å². The van der Waals surface area contributed by atoms with Crippen LogP contribution in [-0.4, -0.2) is 11.9 Å². The molecular weight excluding hydrogens is 304 g/mol. The molecule has 1 rings (SSSR count). The summed E-state index contributed by atoms with van der Waals surface area (Å²) in [6, 6.07) is 4.68. The van der Waals surface area contributed by atoms with Gasteiger partial charge in [0.25, 0.3) is 0 Å². The molecule has 3 N–H and O–H groups in total. The van der Waals surface area contributed by atoms with E-state index in [1.807, 2.05) is 26.8 Å². The van der Waals surface area contributed by atoms with Gasteiger partial charge in [0.2, 0.25) is 5.91 Å². The molecule has 1 amide bonds. The normalized spacial score (nSPS) is 13.3. The molecule has 3 nitrogen and oxygen atoms in total. The van der Waals surface area contributed by atoms with Gasteiger partial charge in [0.1, 0.15) is 0 Å². The Balaban J connectivity index is 2.85. The smallest absolute Gasteiger partial charge is 0.241 e. The molecule has 0 radical (unpaired) electrons. The van der Waals surface area contributed by atoms with Gasteiger partial charge in [-0.3, -0.25) is 4.79 Å². The number of carbonyl (C=O) groups is 1. The van der Waals surface area contributed by atoms with Crippen molar-refractivity contribution >= 4 is 39.1 Å². The zero-order valence-corrected chi connectivity index (χ0v) is 12.4. The van der Waals surface area contributed by atoms with Crippen LogP contribution in [0, 0.1) is 5.41 Å². The Bertz CT molecular complexity index is 429. The molecule has 0 aliphatic heterocycles. The standard InChI is InChI=1S/C12H16BrClN2O/c1-12(2,3)10(15)11(17)16-9-6-7(13)4-5-8(9)14/h4-6,10H,15H2,1-3H3,(H,16,17)/t10-/m0/s1. The minimum absolute atomic E-state index is 0.238. The molecule has 0 unspecified atom stereocenters. The summed E-state index contributed by atoms with van der Waals surface area (Å²) in [6.07, 6.45) is 0. The zero-order chi connectivity index (χ0) is 13.2. The molecule has 0 spiro atoms. The third-order valence-electron chi connectivity index (χ3n) is 2.40. The third-order valence-corrected chi connectivity index (χ3v) is 3.22. The first kappa shape index (κ1) is 14.5. The Morgan fingerprint density at radius 3 is 2.59 bits per heavy atom. The van der Waals surface area contributed by atoms with Crippen LogP contribution < -0.4 is 11.1 Å². The lowest BCUT2D eigenvalue weighted by molar-refractivity contribution is -0.119. The van der Waals surface area contributed by atoms with E-state index in [1.54, 1.807) is 12.1 Å². The molecular formula is C12H16BrClN2O. The molecule has 0 aromatic heterocycles. The lowest BCUT2D eigenvalue weighted by Gasteiger charge is -2.26. The number of halogens is 2. The molecule has 0 aliphatic rings. The van der Waals surface area contributed by atoms with Gasteiger partial charge in [-0.25, -0.2) is 0 Å². The molecule has 0 fully saturated rings. The number of hydrogen-bond acceptors (Lipinski definition) is 2. The number of nitrogens with one attached hydrogen (secondary N) is 1. The van der Waals surface area contributed by atoms with Gasteiger partial charge in [-0.1, -0.05) is 48.3 Å². The maximum absolute atomic E-state index is 11.9. The van der Waals surface area contributed by atoms with Crippen LogP contribution in [0.1, 0.15) is 20.8 Å². The predicted molar refractivity (Wildman–Crippen MR) is 75.2 cm³/mol. The molecule has 5 heteroatoms. The number of rotatable bonds is 2. The van der Waals surface area contributed by atoms with E-state index in [-0.39, 0.29) is 11.3 Å². The minimum atomic E-state index is -0.586. The summed E-state index contributed by atoms with van der Waals surface area (Å²) in [7, 11) is 0. The summed E-state index contributed by atoms with van der Waals surface area (Å²) in [5.74, 6) is -0.238. The van der Waals surface area contributed by atoms with E-state index < -0.39 is 6.04 Å². The maximum atomic E-state index is 11.9. The summed E-state index contributed by atoms with van der Waals surface area (Å²) < 4.78 is 0.849. The highest BCUT2D eigenvalue weighted by Crippen LogP contribution is 2.26. The fraction of sp³-hybridized carbons (Fsp3) is 0.417. The van der Waals surface area contributed by atoms with Crippen LogP contribution in [0.25, 0.3) is 0 Å². The van der Waals surface area contributed by atoms with Crippen molar-refractivity contribution in [2.24, 2.45) is 11.1 Å². The van der Waals surface area contributed by atoms with Crippen molar-refractivity contribution in [2.45, 2.75) is 26.8 Å². The van der Waals surface area contributed by atoms with Gasteiger partial charge in [-0.15, -0.1) is 0 Å². The quantitative estimate of drug-likeness (QED) is 0.877. The van der Waals surface area contributed by atoms with E-state index in [0.717, 1.165) is 4.47 Å². The molecule has 17 heavy (non-hydrogen) atoms. The molecule has 0 saturated carbocycles. The van der Waals surface area contributed by atoms with E-state index in [4.69, 9.17) is 17.3 Å². The monoisotopic (exact) mass is 318 g/mol. The van der Waals surface area contributed by atoms with Crippen LogP contribution in [0.5, 0.6) is 0 Å². The van der Waals surface area contributed by atoms with Crippen molar-refractivity contribution < 1.29 is 4.79 Å². The van der Waals surface area contributed by atoms with Gasteiger partial charge in [-0.2, -0.15) is 0 Å². The fourth-order valence-corrected chi connectivity index (χ4v) is 1.72. The van der Waals surface area contributed by atoms with E-state index in [2.05, 4.69) is 21.2 Å². The van der Waals surface area contributed by atoms with E-state index >= 15 is 0 Å². The van der Waals surface area contributed by atoms with Crippen molar-refractivity contribution in [1.82, 2.24) is 0 Å². The summed E-state index contributed by atoms with van der Waals surface area (Å²) >= 11 is 9.30. The van der Waals surface area contributed by atoms with Crippen LogP contribution in [0.4, 0.5) is 5.69 Å². The first-order valence-corrected chi connectivity index (χ1v) is 6.40. The van der Waals surface area contributed by atoms with Gasteiger partial charge >= 0.3 is 0 Å². The van der Waals surface area contributed by atoms with Crippen molar-refractivity contribution in [3.8, 4) is 0 Å². The largest absolute Gasteiger partial charge is 0.323 e. The summed E-state index contributed by atoms with van der Waals surface area (Å²) in [6.45, 7) is 5.75. The fourth-order valence-electron chi connectivity index (χ4n) is 1.20. The van der Waals surface area contributed by atoms with Gasteiger partial charge in [0.05, 0.1) is 16.8 Å². The highest BCUT2D eigenvalue weighted by Gasteiger charge is 2.27. The zero-order valence-electron chi connectivity index (χ0n) is 10.1. The number of benzene rings is 1. The second kappa shape index (κ2) is 5.38. The molecule has 1 atom stereocenters. The average molecular weight is 320 g/mol. The number of hydrogen-bond donors (Lipinski definition) is 2. The van der Waals surface area contributed by atoms with Gasteiger partial charge in [-0.05, 0) is 23.6 Å². The molecule has 0 saturated heterocycles. The first-order chi connectivity index (χ1) is 7.71. The summed E-state index contributed by atoms with van der Waals surface area (Å²) in [5, 5.41) is 3.22. The number of anilines is 1. The highest BCUT2D eigenvalue weighted by molar-refractivity contribution is 9.10. The van der Waals surface area contributed by atoms with Crippen LogP contribution in [-0.2, 0) is 4.79 Å². The van der Waals surface area contributed by atoms with E-state index in [0.29, 0.717) is 10.7 Å². The van der Waals surface area contributed by atoms with Gasteiger partial charge in [0.15, 0.2) is 0 Å². The topological polar surface area (TPSA) is 55.1 Å². The van der Waals surface area contributed by atoms with Gasteiger partial charge < -0.3 is 11.1 Å². The SMILES string of the molecule is CC(C)(C)[C@@H](N)C(=O)Nc1cc(Br)ccc1Cl. The highest BCUT2D eigenvalue weighted by atomic mass is 79.9.